The molecule has 0 bridgehead atoms. The zero-order valence-corrected chi connectivity index (χ0v) is 8.85. The van der Waals surface area contributed by atoms with Gasteiger partial charge in [0.2, 0.25) is 5.95 Å². The third-order valence-corrected chi connectivity index (χ3v) is 1.75. The molecule has 3 N–H and O–H groups in total. The second-order valence-electron chi connectivity index (χ2n) is 3.09. The number of aliphatic carboxylic acids is 1. The molecule has 8 heteroatoms. The molecule has 0 fully saturated rings. The van der Waals surface area contributed by atoms with E-state index >= 15 is 0 Å². The van der Waals surface area contributed by atoms with Crippen molar-refractivity contribution in [3.05, 3.63) is 30.5 Å². The first-order valence-electron chi connectivity index (χ1n) is 4.58. The molecule has 0 radical (unpaired) electrons. The average Bonchev–Trinajstić information content (AvgIpc) is 2.28. The minimum atomic E-state index is -5.08. The lowest BCUT2D eigenvalue weighted by molar-refractivity contribution is -0.192. The summed E-state index contributed by atoms with van der Waals surface area (Å²) in [5, 5.41) is 8.14. The fraction of sp³-hybridized carbons (Fsp3) is 0.100. The zero-order valence-electron chi connectivity index (χ0n) is 8.85. The van der Waals surface area contributed by atoms with E-state index in [9.17, 15) is 13.2 Å². The standard InChI is InChI=1S/C8H7N3.C2HF3O2/c9-8-10-5-6-3-1-2-4-7(6)11-8;3-2(4,5)1(6)7/h1-5H,(H2,9,10,11);(H,6,7). The fourth-order valence-electron chi connectivity index (χ4n) is 0.986. The molecule has 0 atom stereocenters. The number of nitrogen functional groups attached to an aromatic ring is 1. The van der Waals surface area contributed by atoms with E-state index in [0.717, 1.165) is 10.9 Å². The number of halogens is 3. The summed E-state index contributed by atoms with van der Waals surface area (Å²) in [6.07, 6.45) is -3.36. The largest absolute Gasteiger partial charge is 0.490 e. The molecule has 5 nitrogen and oxygen atoms in total. The van der Waals surface area contributed by atoms with Gasteiger partial charge in [0.05, 0.1) is 5.52 Å². The third kappa shape index (κ3) is 3.89. The van der Waals surface area contributed by atoms with Crippen molar-refractivity contribution in [1.82, 2.24) is 9.97 Å². The second-order valence-corrected chi connectivity index (χ2v) is 3.09. The van der Waals surface area contributed by atoms with Crippen LogP contribution in [0.2, 0.25) is 0 Å². The van der Waals surface area contributed by atoms with Crippen molar-refractivity contribution < 1.29 is 23.1 Å². The van der Waals surface area contributed by atoms with E-state index in [0.29, 0.717) is 5.95 Å². The number of carboxylic acid groups (broad SMARTS) is 1. The summed E-state index contributed by atoms with van der Waals surface area (Å²) >= 11 is 0. The highest BCUT2D eigenvalue weighted by atomic mass is 19.4. The van der Waals surface area contributed by atoms with Gasteiger partial charge in [0.1, 0.15) is 0 Å². The Bertz CT molecular complexity index is 557. The number of rotatable bonds is 0. The molecule has 2 rings (SSSR count). The van der Waals surface area contributed by atoms with Gasteiger partial charge in [0.15, 0.2) is 0 Å². The first kappa shape index (κ1) is 13.7. The van der Waals surface area contributed by atoms with Gasteiger partial charge in [-0.1, -0.05) is 18.2 Å². The minimum absolute atomic E-state index is 0.323. The molecule has 0 amide bonds. The molecule has 0 saturated heterocycles. The van der Waals surface area contributed by atoms with E-state index in [1.54, 1.807) is 6.20 Å². The molecule has 96 valence electrons. The van der Waals surface area contributed by atoms with Crippen LogP contribution in [0.15, 0.2) is 30.5 Å². The molecule has 0 aliphatic rings. The maximum Gasteiger partial charge on any atom is 0.490 e. The molecule has 0 spiro atoms. The number of anilines is 1. The Morgan fingerprint density at radius 1 is 1.28 bits per heavy atom. The second kappa shape index (κ2) is 5.30. The normalized spacial score (nSPS) is 10.6. The lowest BCUT2D eigenvalue weighted by Gasteiger charge is -1.94. The van der Waals surface area contributed by atoms with Crippen molar-refractivity contribution >= 4 is 22.8 Å². The van der Waals surface area contributed by atoms with E-state index in [2.05, 4.69) is 9.97 Å². The molecule has 0 saturated carbocycles. The number of hydrogen-bond donors (Lipinski definition) is 2. The van der Waals surface area contributed by atoms with Gasteiger partial charge in [-0.25, -0.2) is 14.8 Å². The first-order chi connectivity index (χ1) is 8.30. The molecule has 0 unspecified atom stereocenters. The number of fused-ring (bicyclic) bond motifs is 1. The van der Waals surface area contributed by atoms with Crippen LogP contribution in [0.4, 0.5) is 19.1 Å². The molecule has 0 aliphatic carbocycles. The summed E-state index contributed by atoms with van der Waals surface area (Å²) in [5.41, 5.74) is 6.29. The van der Waals surface area contributed by atoms with E-state index in [1.807, 2.05) is 24.3 Å². The van der Waals surface area contributed by atoms with Gasteiger partial charge in [-0.2, -0.15) is 13.2 Å². The molecule has 0 aliphatic heterocycles. The smallest absolute Gasteiger partial charge is 0.475 e. The van der Waals surface area contributed by atoms with Crippen molar-refractivity contribution in [1.29, 1.82) is 0 Å². The van der Waals surface area contributed by atoms with Crippen LogP contribution in [0, 0.1) is 0 Å². The van der Waals surface area contributed by atoms with Crippen LogP contribution in [0.25, 0.3) is 10.9 Å². The molecular weight excluding hydrogens is 251 g/mol. The lowest BCUT2D eigenvalue weighted by Crippen LogP contribution is -2.21. The molecule has 1 heterocycles. The number of carbonyl (C=O) groups is 1. The molecule has 1 aromatic heterocycles. The van der Waals surface area contributed by atoms with Crippen LogP contribution in [0.1, 0.15) is 0 Å². The Hall–Kier alpha value is -2.38. The Balaban J connectivity index is 0.000000203. The maximum absolute atomic E-state index is 10.6. The van der Waals surface area contributed by atoms with Crippen molar-refractivity contribution in [3.8, 4) is 0 Å². The Morgan fingerprint density at radius 2 is 1.83 bits per heavy atom. The SMILES string of the molecule is Nc1ncc2ccccc2n1.O=C(O)C(F)(F)F. The highest BCUT2D eigenvalue weighted by Gasteiger charge is 2.38. The Labute approximate surface area is 99.1 Å². The lowest BCUT2D eigenvalue weighted by atomic mass is 10.2. The zero-order chi connectivity index (χ0) is 13.8. The van der Waals surface area contributed by atoms with Crippen LogP contribution < -0.4 is 5.73 Å². The van der Waals surface area contributed by atoms with E-state index < -0.39 is 12.1 Å². The Kier molecular flexibility index (Phi) is 4.03. The third-order valence-electron chi connectivity index (χ3n) is 1.75. The summed E-state index contributed by atoms with van der Waals surface area (Å²) in [6.45, 7) is 0. The van der Waals surface area contributed by atoms with Crippen LogP contribution in [-0.2, 0) is 4.79 Å². The molecular formula is C10H8F3N3O2. The predicted molar refractivity (Wildman–Crippen MR) is 57.6 cm³/mol. The van der Waals surface area contributed by atoms with Crippen LogP contribution in [0.3, 0.4) is 0 Å². The summed E-state index contributed by atoms with van der Waals surface area (Å²) in [4.78, 5) is 16.8. The van der Waals surface area contributed by atoms with Gasteiger partial charge in [0.25, 0.3) is 0 Å². The number of nitrogens with zero attached hydrogens (tertiary/aromatic N) is 2. The summed E-state index contributed by atoms with van der Waals surface area (Å²) < 4.78 is 31.7. The summed E-state index contributed by atoms with van der Waals surface area (Å²) in [5.74, 6) is -2.43. The number of hydrogen-bond acceptors (Lipinski definition) is 4. The van der Waals surface area contributed by atoms with Crippen molar-refractivity contribution in [3.63, 3.8) is 0 Å². The van der Waals surface area contributed by atoms with Crippen LogP contribution in [0.5, 0.6) is 0 Å². The fourth-order valence-corrected chi connectivity index (χ4v) is 0.986. The van der Waals surface area contributed by atoms with Crippen molar-refractivity contribution in [2.45, 2.75) is 6.18 Å². The number of carboxylic acids is 1. The molecule has 1 aromatic carbocycles. The number of nitrogens with two attached hydrogens (primary N) is 1. The summed E-state index contributed by atoms with van der Waals surface area (Å²) in [6, 6.07) is 7.73. The highest BCUT2D eigenvalue weighted by Crippen LogP contribution is 2.13. The summed E-state index contributed by atoms with van der Waals surface area (Å²) in [7, 11) is 0. The van der Waals surface area contributed by atoms with Crippen LogP contribution >= 0.6 is 0 Å². The van der Waals surface area contributed by atoms with Gasteiger partial charge < -0.3 is 10.8 Å². The maximum atomic E-state index is 10.6. The van der Waals surface area contributed by atoms with Gasteiger partial charge in [-0.3, -0.25) is 0 Å². The number of aromatic nitrogens is 2. The number of benzene rings is 1. The van der Waals surface area contributed by atoms with Gasteiger partial charge >= 0.3 is 12.1 Å². The highest BCUT2D eigenvalue weighted by molar-refractivity contribution is 5.78. The number of para-hydroxylation sites is 1. The van der Waals surface area contributed by atoms with Crippen molar-refractivity contribution in [2.75, 3.05) is 5.73 Å². The van der Waals surface area contributed by atoms with Crippen molar-refractivity contribution in [2.24, 2.45) is 0 Å². The van der Waals surface area contributed by atoms with Crippen LogP contribution in [-0.4, -0.2) is 27.2 Å². The first-order valence-corrected chi connectivity index (χ1v) is 4.58. The minimum Gasteiger partial charge on any atom is -0.475 e. The molecule has 2 aromatic rings. The van der Waals surface area contributed by atoms with Gasteiger partial charge in [-0.05, 0) is 6.07 Å². The van der Waals surface area contributed by atoms with E-state index in [1.165, 1.54) is 0 Å². The molecule has 18 heavy (non-hydrogen) atoms. The van der Waals surface area contributed by atoms with E-state index in [-0.39, 0.29) is 0 Å². The van der Waals surface area contributed by atoms with Gasteiger partial charge in [0, 0.05) is 11.6 Å². The van der Waals surface area contributed by atoms with Gasteiger partial charge in [-0.15, -0.1) is 0 Å². The predicted octanol–water partition coefficient (Wildman–Crippen LogP) is 1.85. The Morgan fingerprint density at radius 3 is 2.39 bits per heavy atom. The monoisotopic (exact) mass is 259 g/mol. The quantitative estimate of drug-likeness (QED) is 0.753. The number of alkyl halides is 3. The topological polar surface area (TPSA) is 89.1 Å². The van der Waals surface area contributed by atoms with E-state index in [4.69, 9.17) is 15.6 Å². The average molecular weight is 259 g/mol.